The highest BCUT2D eigenvalue weighted by Gasteiger charge is 2.36. The average Bonchev–Trinajstić information content (AvgIpc) is 2.97. The van der Waals surface area contributed by atoms with Crippen molar-refractivity contribution in [3.8, 4) is 0 Å². The minimum atomic E-state index is -3.38. The number of nitrogens with one attached hydrogen (secondary N) is 1. The summed E-state index contributed by atoms with van der Waals surface area (Å²) in [5, 5.41) is 0.404. The Morgan fingerprint density at radius 1 is 1.12 bits per heavy atom. The van der Waals surface area contributed by atoms with E-state index >= 15 is 0 Å². The van der Waals surface area contributed by atoms with Gasteiger partial charge < -0.3 is 4.90 Å². The van der Waals surface area contributed by atoms with E-state index in [-0.39, 0.29) is 23.5 Å². The van der Waals surface area contributed by atoms with Crippen LogP contribution < -0.4 is 4.72 Å². The molecule has 1 saturated carbocycles. The molecule has 0 spiro atoms. The van der Waals surface area contributed by atoms with Gasteiger partial charge in [-0.1, -0.05) is 36.2 Å². The first-order valence-electron chi connectivity index (χ1n) is 11.7. The van der Waals surface area contributed by atoms with Crippen molar-refractivity contribution in [3.63, 3.8) is 0 Å². The predicted octanol–water partition coefficient (Wildman–Crippen LogP) is 4.66. The fourth-order valence-electron chi connectivity index (χ4n) is 5.27. The Morgan fingerprint density at radius 2 is 1.94 bits per heavy atom. The summed E-state index contributed by atoms with van der Waals surface area (Å²) in [6.07, 6.45) is 5.30. The Hall–Kier alpha value is -1.47. The van der Waals surface area contributed by atoms with Crippen molar-refractivity contribution in [1.29, 1.82) is 0 Å². The fraction of sp³-hybridized carbons (Fsp3) is 0.520. The maximum Gasteiger partial charge on any atom is 0.214 e. The molecule has 1 saturated heterocycles. The van der Waals surface area contributed by atoms with E-state index in [1.807, 2.05) is 24.3 Å². The number of likely N-dealkylation sites (tertiary alicyclic amines) is 1. The van der Waals surface area contributed by atoms with Crippen molar-refractivity contribution < 1.29 is 12.8 Å². The molecule has 0 amide bonds. The summed E-state index contributed by atoms with van der Waals surface area (Å²) in [5.41, 5.74) is 3.84. The van der Waals surface area contributed by atoms with Gasteiger partial charge in [-0.05, 0) is 91.9 Å². The van der Waals surface area contributed by atoms with Crippen LogP contribution in [0, 0.1) is 11.7 Å². The molecule has 2 unspecified atom stereocenters. The molecule has 1 heterocycles. The molecule has 2 aromatic rings. The molecule has 0 bridgehead atoms. The smallest absolute Gasteiger partial charge is 0.214 e. The first-order chi connectivity index (χ1) is 15.4. The zero-order valence-corrected chi connectivity index (χ0v) is 19.8. The molecule has 5 rings (SSSR count). The molecular formula is C25H30ClFN2O2S. The second-order valence-electron chi connectivity index (χ2n) is 9.62. The normalized spacial score (nSPS) is 23.6. The standard InChI is InChI=1S/C25H30ClFN2O2S/c26-21-5-1-4-17(10-21)11-23-20(16-29-8-3-9-29)12-18-14-25(27)19(13-24(18)23)15-28-32(30,31)22-6-2-7-22/h1,4-5,10,13-14,20,22-23,28H,2-3,6-9,11-12,15-16H2. The monoisotopic (exact) mass is 476 g/mol. The van der Waals surface area contributed by atoms with Gasteiger partial charge in [0.15, 0.2) is 0 Å². The van der Waals surface area contributed by atoms with E-state index < -0.39 is 10.0 Å². The fourth-order valence-corrected chi connectivity index (χ4v) is 7.03. The number of hydrogen-bond acceptors (Lipinski definition) is 3. The molecule has 32 heavy (non-hydrogen) atoms. The Balaban J connectivity index is 1.40. The summed E-state index contributed by atoms with van der Waals surface area (Å²) < 4.78 is 42.4. The van der Waals surface area contributed by atoms with E-state index in [9.17, 15) is 12.8 Å². The zero-order chi connectivity index (χ0) is 22.3. The average molecular weight is 477 g/mol. The summed E-state index contributed by atoms with van der Waals surface area (Å²) in [5.74, 6) is 0.378. The van der Waals surface area contributed by atoms with Crippen LogP contribution in [0.4, 0.5) is 4.39 Å². The molecule has 2 aliphatic carbocycles. The Labute approximate surface area is 195 Å². The number of benzene rings is 2. The lowest BCUT2D eigenvalue weighted by molar-refractivity contribution is 0.145. The van der Waals surface area contributed by atoms with Crippen molar-refractivity contribution in [2.24, 2.45) is 5.92 Å². The maximum atomic E-state index is 14.9. The number of rotatable bonds is 8. The lowest BCUT2D eigenvalue weighted by Crippen LogP contribution is -2.41. The van der Waals surface area contributed by atoms with Crippen molar-refractivity contribution in [1.82, 2.24) is 9.62 Å². The molecule has 0 aromatic heterocycles. The predicted molar refractivity (Wildman–Crippen MR) is 126 cm³/mol. The van der Waals surface area contributed by atoms with Crippen molar-refractivity contribution in [3.05, 3.63) is 69.5 Å². The summed E-state index contributed by atoms with van der Waals surface area (Å²) >= 11 is 6.23. The van der Waals surface area contributed by atoms with Crippen LogP contribution in [-0.4, -0.2) is 38.2 Å². The SMILES string of the molecule is O=S(=O)(NCc1cc2c(cc1F)CC(CN1CCC1)C2Cc1cccc(Cl)c1)C1CCC1. The molecule has 4 nitrogen and oxygen atoms in total. The van der Waals surface area contributed by atoms with Crippen LogP contribution in [-0.2, 0) is 29.4 Å². The van der Waals surface area contributed by atoms with Crippen molar-refractivity contribution in [2.45, 2.75) is 56.2 Å². The van der Waals surface area contributed by atoms with Gasteiger partial charge in [0.2, 0.25) is 10.0 Å². The molecule has 172 valence electrons. The quantitative estimate of drug-likeness (QED) is 0.603. The molecule has 3 aliphatic rings. The van der Waals surface area contributed by atoms with Gasteiger partial charge in [0.05, 0.1) is 5.25 Å². The van der Waals surface area contributed by atoms with Crippen LogP contribution in [0.5, 0.6) is 0 Å². The van der Waals surface area contributed by atoms with Gasteiger partial charge in [-0.15, -0.1) is 0 Å². The van der Waals surface area contributed by atoms with E-state index in [1.54, 1.807) is 6.07 Å². The number of halogens is 2. The van der Waals surface area contributed by atoms with Gasteiger partial charge in [-0.3, -0.25) is 0 Å². The van der Waals surface area contributed by atoms with E-state index in [0.717, 1.165) is 55.0 Å². The summed E-state index contributed by atoms with van der Waals surface area (Å²) in [4.78, 5) is 2.48. The van der Waals surface area contributed by atoms with Crippen LogP contribution in [0.15, 0.2) is 36.4 Å². The highest BCUT2D eigenvalue weighted by molar-refractivity contribution is 7.90. The minimum absolute atomic E-state index is 0.0125. The van der Waals surface area contributed by atoms with Gasteiger partial charge in [0.1, 0.15) is 5.82 Å². The highest BCUT2D eigenvalue weighted by Crippen LogP contribution is 2.42. The third kappa shape index (κ3) is 4.60. The van der Waals surface area contributed by atoms with E-state index in [1.165, 1.54) is 12.0 Å². The van der Waals surface area contributed by atoms with Crippen molar-refractivity contribution in [2.75, 3.05) is 19.6 Å². The molecular weight excluding hydrogens is 447 g/mol. The first-order valence-corrected chi connectivity index (χ1v) is 13.6. The van der Waals surface area contributed by atoms with E-state index in [0.29, 0.717) is 24.3 Å². The van der Waals surface area contributed by atoms with Gasteiger partial charge in [0, 0.05) is 23.7 Å². The summed E-state index contributed by atoms with van der Waals surface area (Å²) in [7, 11) is -3.38. The Kier molecular flexibility index (Phi) is 6.32. The second-order valence-corrected chi connectivity index (χ2v) is 12.1. The number of nitrogens with zero attached hydrogens (tertiary/aromatic N) is 1. The lowest BCUT2D eigenvalue weighted by atomic mass is 9.85. The second kappa shape index (κ2) is 9.05. The van der Waals surface area contributed by atoms with Crippen molar-refractivity contribution >= 4 is 21.6 Å². The highest BCUT2D eigenvalue weighted by atomic mass is 35.5. The number of hydrogen-bond donors (Lipinski definition) is 1. The molecule has 0 radical (unpaired) electrons. The third-order valence-corrected chi connectivity index (χ3v) is 9.63. The van der Waals surface area contributed by atoms with Crippen LogP contribution >= 0.6 is 11.6 Å². The molecule has 2 atom stereocenters. The van der Waals surface area contributed by atoms with Crippen LogP contribution in [0.1, 0.15) is 53.9 Å². The largest absolute Gasteiger partial charge is 0.303 e. The van der Waals surface area contributed by atoms with Gasteiger partial charge in [0.25, 0.3) is 0 Å². The van der Waals surface area contributed by atoms with Crippen LogP contribution in [0.3, 0.4) is 0 Å². The third-order valence-electron chi connectivity index (χ3n) is 7.50. The maximum absolute atomic E-state index is 14.9. The number of sulfonamides is 1. The van der Waals surface area contributed by atoms with Gasteiger partial charge >= 0.3 is 0 Å². The number of fused-ring (bicyclic) bond motifs is 1. The topological polar surface area (TPSA) is 49.4 Å². The zero-order valence-electron chi connectivity index (χ0n) is 18.2. The minimum Gasteiger partial charge on any atom is -0.303 e. The Bertz CT molecular complexity index is 1100. The van der Waals surface area contributed by atoms with Gasteiger partial charge in [-0.2, -0.15) is 0 Å². The molecule has 2 aromatic carbocycles. The Morgan fingerprint density at radius 3 is 2.59 bits per heavy atom. The van der Waals surface area contributed by atoms with E-state index in [4.69, 9.17) is 11.6 Å². The van der Waals surface area contributed by atoms with Crippen LogP contribution in [0.2, 0.25) is 5.02 Å². The summed E-state index contributed by atoms with van der Waals surface area (Å²) in [6.45, 7) is 3.31. The van der Waals surface area contributed by atoms with Gasteiger partial charge in [-0.25, -0.2) is 17.5 Å². The van der Waals surface area contributed by atoms with E-state index in [2.05, 4.69) is 15.7 Å². The molecule has 1 N–H and O–H groups in total. The molecule has 2 fully saturated rings. The van der Waals surface area contributed by atoms with Crippen LogP contribution in [0.25, 0.3) is 0 Å². The first kappa shape index (κ1) is 22.3. The lowest BCUT2D eigenvalue weighted by Gasteiger charge is -2.35. The molecule has 1 aliphatic heterocycles. The summed E-state index contributed by atoms with van der Waals surface area (Å²) in [6, 6.07) is 11.5. The molecule has 7 heteroatoms.